The van der Waals surface area contributed by atoms with Gasteiger partial charge in [0.05, 0.1) is 22.8 Å². The molecule has 11 aromatic rings. The number of benzene rings is 6. The third kappa shape index (κ3) is 4.81. The van der Waals surface area contributed by atoms with E-state index in [9.17, 15) is 0 Å². The standard InChI is InChI=1S/C46H26N2S3/c1-3-13-41-31(7-1)33-23-27(15-19-43(33)49-41)28-16-20-45-35(24-28)36-26-30(18-22-46(36)51-45)38-10-6-12-40(48-38)39-11-5-9-37(47-39)29-17-21-44-34(25-29)32-8-2-4-14-42(32)50-44/h1-26H. The minimum Gasteiger partial charge on any atom is -0.246 e. The quantitative estimate of drug-likeness (QED) is 0.182. The summed E-state index contributed by atoms with van der Waals surface area (Å²) in [6, 6.07) is 57.1. The Labute approximate surface area is 305 Å². The smallest absolute Gasteiger partial charge is 0.0893 e. The third-order valence-corrected chi connectivity index (χ3v) is 13.4. The van der Waals surface area contributed by atoms with Gasteiger partial charge in [0.2, 0.25) is 0 Å². The highest BCUT2D eigenvalue weighted by molar-refractivity contribution is 7.26. The van der Waals surface area contributed by atoms with Gasteiger partial charge < -0.3 is 0 Å². The van der Waals surface area contributed by atoms with Gasteiger partial charge in [-0.05, 0) is 96.1 Å². The van der Waals surface area contributed by atoms with Gasteiger partial charge >= 0.3 is 0 Å². The fourth-order valence-corrected chi connectivity index (χ4v) is 10.6. The monoisotopic (exact) mass is 702 g/mol. The van der Waals surface area contributed by atoms with Crippen LogP contribution in [-0.4, -0.2) is 9.97 Å². The van der Waals surface area contributed by atoms with Crippen LogP contribution in [0, 0.1) is 0 Å². The van der Waals surface area contributed by atoms with Gasteiger partial charge in [0, 0.05) is 71.6 Å². The van der Waals surface area contributed by atoms with Gasteiger partial charge in [-0.25, -0.2) is 9.97 Å². The lowest BCUT2D eigenvalue weighted by molar-refractivity contribution is 1.25. The molecule has 238 valence electrons. The van der Waals surface area contributed by atoms with Crippen molar-refractivity contribution in [2.75, 3.05) is 0 Å². The molecule has 51 heavy (non-hydrogen) atoms. The van der Waals surface area contributed by atoms with Gasteiger partial charge in [-0.2, -0.15) is 0 Å². The van der Waals surface area contributed by atoms with Crippen LogP contribution in [-0.2, 0) is 0 Å². The van der Waals surface area contributed by atoms with Crippen LogP contribution < -0.4 is 0 Å². The van der Waals surface area contributed by atoms with Gasteiger partial charge in [0.25, 0.3) is 0 Å². The molecular formula is C46H26N2S3. The van der Waals surface area contributed by atoms with E-state index in [0.29, 0.717) is 0 Å². The van der Waals surface area contributed by atoms with Gasteiger partial charge in [-0.15, -0.1) is 34.0 Å². The predicted octanol–water partition coefficient (Wildman–Crippen LogP) is 14.2. The molecule has 0 fully saturated rings. The Morgan fingerprint density at radius 3 is 1.04 bits per heavy atom. The number of fused-ring (bicyclic) bond motifs is 9. The molecule has 0 unspecified atom stereocenters. The molecule has 0 spiro atoms. The summed E-state index contributed by atoms with van der Waals surface area (Å²) in [5.74, 6) is 0. The molecule has 5 aromatic heterocycles. The zero-order valence-corrected chi connectivity index (χ0v) is 29.6. The van der Waals surface area contributed by atoms with Gasteiger partial charge in [0.15, 0.2) is 0 Å². The highest BCUT2D eigenvalue weighted by Crippen LogP contribution is 2.41. The van der Waals surface area contributed by atoms with Crippen LogP contribution >= 0.6 is 34.0 Å². The molecule has 0 aliphatic heterocycles. The van der Waals surface area contributed by atoms with Crippen LogP contribution in [0.25, 0.3) is 106 Å². The average molecular weight is 703 g/mol. The topological polar surface area (TPSA) is 25.8 Å². The molecule has 11 rings (SSSR count). The Balaban J connectivity index is 0.960. The highest BCUT2D eigenvalue weighted by atomic mass is 32.1. The minimum atomic E-state index is 0.866. The first-order valence-electron chi connectivity index (χ1n) is 17.0. The third-order valence-electron chi connectivity index (χ3n) is 9.91. The summed E-state index contributed by atoms with van der Waals surface area (Å²) in [5, 5.41) is 7.78. The number of nitrogens with zero attached hydrogens (tertiary/aromatic N) is 2. The van der Waals surface area contributed by atoms with Crippen molar-refractivity contribution in [3.63, 3.8) is 0 Å². The SMILES string of the molecule is c1cc(-c2ccc3sc4ccccc4c3c2)nc(-c2cccc(-c3ccc4sc5ccc(-c6ccc7sc8ccccc8c7c6)cc5c4c3)n2)c1. The molecule has 0 amide bonds. The Kier molecular flexibility index (Phi) is 6.50. The van der Waals surface area contributed by atoms with E-state index in [-0.39, 0.29) is 0 Å². The van der Waals surface area contributed by atoms with Crippen LogP contribution in [0.4, 0.5) is 0 Å². The van der Waals surface area contributed by atoms with Crippen LogP contribution in [0.15, 0.2) is 158 Å². The largest absolute Gasteiger partial charge is 0.246 e. The highest BCUT2D eigenvalue weighted by Gasteiger charge is 2.13. The van der Waals surface area contributed by atoms with Crippen molar-refractivity contribution < 1.29 is 0 Å². The van der Waals surface area contributed by atoms with Crippen molar-refractivity contribution in [3.8, 4) is 45.0 Å². The van der Waals surface area contributed by atoms with Crippen molar-refractivity contribution in [1.29, 1.82) is 0 Å². The maximum atomic E-state index is 5.16. The van der Waals surface area contributed by atoms with E-state index in [0.717, 1.165) is 33.9 Å². The molecule has 0 aliphatic rings. The average Bonchev–Trinajstić information content (AvgIpc) is 3.88. The van der Waals surface area contributed by atoms with E-state index in [1.807, 2.05) is 34.0 Å². The Morgan fingerprint density at radius 1 is 0.255 bits per heavy atom. The minimum absolute atomic E-state index is 0.866. The second kappa shape index (κ2) is 11.4. The first-order chi connectivity index (χ1) is 25.2. The number of rotatable bonds is 4. The van der Waals surface area contributed by atoms with Crippen molar-refractivity contribution in [2.24, 2.45) is 0 Å². The van der Waals surface area contributed by atoms with E-state index in [2.05, 4.69) is 158 Å². The number of pyridine rings is 2. The van der Waals surface area contributed by atoms with Crippen LogP contribution in [0.5, 0.6) is 0 Å². The first-order valence-corrected chi connectivity index (χ1v) is 19.4. The van der Waals surface area contributed by atoms with E-state index < -0.39 is 0 Å². The fraction of sp³-hybridized carbons (Fsp3) is 0. The van der Waals surface area contributed by atoms with Crippen molar-refractivity contribution in [3.05, 3.63) is 158 Å². The number of aromatic nitrogens is 2. The Hall–Kier alpha value is -5.72. The molecule has 5 heterocycles. The van der Waals surface area contributed by atoms with Gasteiger partial charge in [-0.1, -0.05) is 72.8 Å². The maximum Gasteiger partial charge on any atom is 0.0893 e. The van der Waals surface area contributed by atoms with Crippen molar-refractivity contribution in [1.82, 2.24) is 9.97 Å². The molecule has 5 heteroatoms. The van der Waals surface area contributed by atoms with E-state index in [1.54, 1.807) is 0 Å². The number of hydrogen-bond donors (Lipinski definition) is 0. The number of thiophene rings is 3. The van der Waals surface area contributed by atoms with Crippen molar-refractivity contribution in [2.45, 2.75) is 0 Å². The second-order valence-corrected chi connectivity index (χ2v) is 16.2. The molecular weight excluding hydrogens is 677 g/mol. The molecule has 6 aromatic carbocycles. The molecule has 2 nitrogen and oxygen atoms in total. The summed E-state index contributed by atoms with van der Waals surface area (Å²) in [4.78, 5) is 10.3. The Morgan fingerprint density at radius 2 is 0.588 bits per heavy atom. The van der Waals surface area contributed by atoms with Crippen LogP contribution in [0.1, 0.15) is 0 Å². The zero-order chi connectivity index (χ0) is 33.5. The van der Waals surface area contributed by atoms with Gasteiger partial charge in [-0.3, -0.25) is 0 Å². The summed E-state index contributed by atoms with van der Waals surface area (Å²) in [6.07, 6.45) is 0. The lowest BCUT2D eigenvalue weighted by Gasteiger charge is -2.08. The second-order valence-electron chi connectivity index (χ2n) is 13.0. The fourth-order valence-electron chi connectivity index (χ4n) is 7.38. The zero-order valence-electron chi connectivity index (χ0n) is 27.1. The van der Waals surface area contributed by atoms with Crippen molar-refractivity contribution >= 4 is 94.5 Å². The molecule has 0 aliphatic carbocycles. The van der Waals surface area contributed by atoms with Crippen LogP contribution in [0.2, 0.25) is 0 Å². The van der Waals surface area contributed by atoms with Crippen LogP contribution in [0.3, 0.4) is 0 Å². The summed E-state index contributed by atoms with van der Waals surface area (Å²) >= 11 is 5.55. The summed E-state index contributed by atoms with van der Waals surface area (Å²) in [5.41, 5.74) is 8.33. The molecule has 0 saturated carbocycles. The van der Waals surface area contributed by atoms with Gasteiger partial charge in [0.1, 0.15) is 0 Å². The molecule has 0 radical (unpaired) electrons. The first kappa shape index (κ1) is 29.1. The summed E-state index contributed by atoms with van der Waals surface area (Å²) in [7, 11) is 0. The summed E-state index contributed by atoms with van der Waals surface area (Å²) in [6.45, 7) is 0. The normalized spacial score (nSPS) is 11.9. The van der Waals surface area contributed by atoms with E-state index in [4.69, 9.17) is 9.97 Å². The lowest BCUT2D eigenvalue weighted by atomic mass is 10.00. The predicted molar refractivity (Wildman–Crippen MR) is 222 cm³/mol. The Bertz CT molecular complexity index is 3160. The maximum absolute atomic E-state index is 5.16. The molecule has 0 atom stereocenters. The van der Waals surface area contributed by atoms with E-state index in [1.165, 1.54) is 71.6 Å². The summed E-state index contributed by atoms with van der Waals surface area (Å²) < 4.78 is 7.85. The molecule has 0 bridgehead atoms. The molecule has 0 N–H and O–H groups in total. The lowest BCUT2D eigenvalue weighted by Crippen LogP contribution is -1.92. The van der Waals surface area contributed by atoms with E-state index >= 15 is 0 Å². The molecule has 0 saturated heterocycles. The number of hydrogen-bond acceptors (Lipinski definition) is 5.